The highest BCUT2D eigenvalue weighted by molar-refractivity contribution is 8.00. The van der Waals surface area contributed by atoms with Crippen LogP contribution in [0.2, 0.25) is 0 Å². The van der Waals surface area contributed by atoms with E-state index in [4.69, 9.17) is 9.47 Å². The van der Waals surface area contributed by atoms with Crippen LogP contribution in [0.15, 0.2) is 49.1 Å². The van der Waals surface area contributed by atoms with Crippen molar-refractivity contribution in [3.05, 3.63) is 66.5 Å². The molecular weight excluding hydrogens is 639 g/mol. The van der Waals surface area contributed by atoms with Gasteiger partial charge in [0.25, 0.3) is 0 Å². The summed E-state index contributed by atoms with van der Waals surface area (Å²) in [5, 5.41) is 80.4. The lowest BCUT2D eigenvalue weighted by molar-refractivity contribution is -0.189. The monoisotopic (exact) mass is 667 g/mol. The molecule has 5 heterocycles. The van der Waals surface area contributed by atoms with E-state index in [0.717, 1.165) is 22.6 Å². The van der Waals surface area contributed by atoms with Gasteiger partial charge in [-0.05, 0) is 24.3 Å². The van der Waals surface area contributed by atoms with E-state index >= 15 is 0 Å². The van der Waals surface area contributed by atoms with Crippen LogP contribution in [0, 0.1) is 17.5 Å². The zero-order chi connectivity index (χ0) is 32.7. The fourth-order valence-corrected chi connectivity index (χ4v) is 6.77. The lowest BCUT2D eigenvalue weighted by Crippen LogP contribution is -2.58. The summed E-state index contributed by atoms with van der Waals surface area (Å²) in [6.07, 6.45) is -2.84. The maximum Gasteiger partial charge on any atom is 0.194 e. The predicted octanol–water partition coefficient (Wildman–Crippen LogP) is -0.591. The third-order valence-electron chi connectivity index (χ3n) is 7.83. The van der Waals surface area contributed by atoms with Crippen LogP contribution in [0.25, 0.3) is 22.5 Å². The first-order valence-corrected chi connectivity index (χ1v) is 14.8. The van der Waals surface area contributed by atoms with Crippen LogP contribution in [0.1, 0.15) is 12.1 Å². The van der Waals surface area contributed by atoms with Crippen LogP contribution in [0.4, 0.5) is 13.2 Å². The van der Waals surface area contributed by atoms with Gasteiger partial charge in [0.2, 0.25) is 0 Å². The number of nitrogens with zero attached hydrogens (tertiary/aromatic N) is 7. The average molecular weight is 668 g/mol. The zero-order valence-electron chi connectivity index (χ0n) is 23.5. The number of halogens is 3. The number of aliphatic hydroxyl groups is 6. The van der Waals surface area contributed by atoms with E-state index in [-0.39, 0.29) is 11.3 Å². The number of pyridine rings is 1. The summed E-state index contributed by atoms with van der Waals surface area (Å²) < 4.78 is 54.9. The third-order valence-corrected chi connectivity index (χ3v) is 9.15. The number of thioether (sulfide) groups is 1. The van der Waals surface area contributed by atoms with Crippen LogP contribution in [-0.2, 0) is 9.47 Å². The van der Waals surface area contributed by atoms with E-state index in [9.17, 15) is 43.8 Å². The first-order chi connectivity index (χ1) is 22.1. The molecule has 2 aliphatic heterocycles. The van der Waals surface area contributed by atoms with Crippen molar-refractivity contribution in [2.24, 2.45) is 0 Å². The van der Waals surface area contributed by atoms with Gasteiger partial charge in [-0.1, -0.05) is 22.2 Å². The quantitative estimate of drug-likeness (QED) is 0.130. The standard InChI is InChI=1S/C27H28F3N7O8S/c28-13-4-12(5-14(29)19(13)30)16-8-37(35-33-16)21-23(41)18(10-39)45-27(25(21)43)46-26-24(42)20(22(40)17(9-38)44-26)36-7-15(32-34-36)11-2-1-3-31-6-11/h1-8,17-18,20-27,38-43H,9-10H2/t17-,18?,20?,21?,22?,23?,24?,25?,26+,27?/m1/s1. The minimum Gasteiger partial charge on any atom is -0.394 e. The Labute approximate surface area is 261 Å². The molecule has 2 saturated heterocycles. The topological polar surface area (TPSA) is 214 Å². The first kappa shape index (κ1) is 32.4. The maximum absolute atomic E-state index is 13.8. The summed E-state index contributed by atoms with van der Waals surface area (Å²) in [7, 11) is 0. The SMILES string of the molecule is OCC1OC(S[C@@H]2O[C@H](CO)C(O)C(n3cc(-c4cccnc4)nn3)C2O)C(O)C(n2cc(-c3cc(F)c(F)c(F)c3)nn2)C1O. The number of ether oxygens (including phenoxy) is 2. The highest BCUT2D eigenvalue weighted by Crippen LogP contribution is 2.42. The fraction of sp³-hybridized carbons (Fsp3) is 0.444. The Kier molecular flexibility index (Phi) is 9.37. The lowest BCUT2D eigenvalue weighted by Gasteiger charge is -2.46. The molecule has 6 rings (SSSR count). The number of hydrogen-bond donors (Lipinski definition) is 6. The Hall–Kier alpha value is -3.53. The number of hydrogen-bond acceptors (Lipinski definition) is 14. The summed E-state index contributed by atoms with van der Waals surface area (Å²) in [6.45, 7) is -1.35. The van der Waals surface area contributed by atoms with Crippen LogP contribution in [0.5, 0.6) is 0 Å². The van der Waals surface area contributed by atoms with Crippen LogP contribution < -0.4 is 0 Å². The van der Waals surface area contributed by atoms with Gasteiger partial charge < -0.3 is 40.1 Å². The second kappa shape index (κ2) is 13.3. The Morgan fingerprint density at radius 1 is 0.739 bits per heavy atom. The molecule has 0 aliphatic carbocycles. The van der Waals surface area contributed by atoms with Crippen molar-refractivity contribution in [1.29, 1.82) is 0 Å². The van der Waals surface area contributed by atoms with Crippen molar-refractivity contribution in [2.75, 3.05) is 13.2 Å². The van der Waals surface area contributed by atoms with E-state index in [1.54, 1.807) is 24.5 Å². The van der Waals surface area contributed by atoms with E-state index in [0.29, 0.717) is 23.4 Å². The van der Waals surface area contributed by atoms with Gasteiger partial charge in [0.1, 0.15) is 71.0 Å². The molecule has 0 radical (unpaired) electrons. The van der Waals surface area contributed by atoms with Gasteiger partial charge in [0.15, 0.2) is 17.5 Å². The molecular formula is C27H28F3N7O8S. The van der Waals surface area contributed by atoms with Gasteiger partial charge in [-0.3, -0.25) is 4.98 Å². The molecule has 3 aromatic heterocycles. The van der Waals surface area contributed by atoms with Gasteiger partial charge in [0, 0.05) is 23.5 Å². The Morgan fingerprint density at radius 2 is 1.24 bits per heavy atom. The molecule has 15 nitrogen and oxygen atoms in total. The van der Waals surface area contributed by atoms with Gasteiger partial charge >= 0.3 is 0 Å². The Balaban J connectivity index is 1.25. The molecule has 19 heteroatoms. The number of benzene rings is 1. The minimum atomic E-state index is -1.67. The highest BCUT2D eigenvalue weighted by Gasteiger charge is 2.51. The Morgan fingerprint density at radius 3 is 1.70 bits per heavy atom. The summed E-state index contributed by atoms with van der Waals surface area (Å²) in [6, 6.07) is 2.34. The predicted molar refractivity (Wildman–Crippen MR) is 150 cm³/mol. The van der Waals surface area contributed by atoms with Gasteiger partial charge in [0.05, 0.1) is 25.6 Å². The zero-order valence-corrected chi connectivity index (χ0v) is 24.3. The van der Waals surface area contributed by atoms with Crippen molar-refractivity contribution in [2.45, 2.75) is 59.6 Å². The van der Waals surface area contributed by atoms with Gasteiger partial charge in [-0.2, -0.15) is 0 Å². The van der Waals surface area contributed by atoms with E-state index in [1.165, 1.54) is 10.9 Å². The molecule has 6 N–H and O–H groups in total. The summed E-state index contributed by atoms with van der Waals surface area (Å²) >= 11 is 0.746. The van der Waals surface area contributed by atoms with Crippen molar-refractivity contribution >= 4 is 11.8 Å². The molecule has 1 aromatic carbocycles. The second-order valence-electron chi connectivity index (χ2n) is 10.7. The summed E-state index contributed by atoms with van der Waals surface area (Å²) in [4.78, 5) is 4.04. The summed E-state index contributed by atoms with van der Waals surface area (Å²) in [5.74, 6) is -4.58. The van der Waals surface area contributed by atoms with E-state index in [1.807, 2.05) is 0 Å². The van der Waals surface area contributed by atoms with Crippen LogP contribution in [-0.4, -0.2) is 126 Å². The van der Waals surface area contributed by atoms with E-state index < -0.39 is 90.2 Å². The van der Waals surface area contributed by atoms with Crippen LogP contribution >= 0.6 is 11.8 Å². The molecule has 0 amide bonds. The van der Waals surface area contributed by atoms with Crippen molar-refractivity contribution in [3.63, 3.8) is 0 Å². The normalized spacial score (nSPS) is 31.7. The molecule has 0 bridgehead atoms. The lowest BCUT2D eigenvalue weighted by atomic mass is 9.97. The third kappa shape index (κ3) is 6.00. The minimum absolute atomic E-state index is 0.111. The van der Waals surface area contributed by atoms with E-state index in [2.05, 4.69) is 25.6 Å². The maximum atomic E-state index is 13.8. The summed E-state index contributed by atoms with van der Waals surface area (Å²) in [5.41, 5.74) is -1.82. The number of rotatable bonds is 8. The highest BCUT2D eigenvalue weighted by atomic mass is 32.2. The molecule has 46 heavy (non-hydrogen) atoms. The number of aromatic nitrogens is 7. The van der Waals surface area contributed by atoms with Gasteiger partial charge in [-0.25, -0.2) is 22.5 Å². The first-order valence-electron chi connectivity index (χ1n) is 13.9. The largest absolute Gasteiger partial charge is 0.394 e. The molecule has 0 spiro atoms. The number of aliphatic hydroxyl groups excluding tert-OH is 6. The van der Waals surface area contributed by atoms with Crippen LogP contribution in [0.3, 0.4) is 0 Å². The smallest absolute Gasteiger partial charge is 0.194 e. The van der Waals surface area contributed by atoms with Crippen molar-refractivity contribution in [1.82, 2.24) is 35.0 Å². The molecule has 2 fully saturated rings. The Bertz CT molecular complexity index is 1630. The van der Waals surface area contributed by atoms with Crippen molar-refractivity contribution in [3.8, 4) is 22.5 Å². The molecule has 10 atom stereocenters. The molecule has 246 valence electrons. The van der Waals surface area contributed by atoms with Crippen molar-refractivity contribution < 1.29 is 53.3 Å². The molecule has 0 saturated carbocycles. The average Bonchev–Trinajstić information content (AvgIpc) is 3.74. The molecule has 8 unspecified atom stereocenters. The molecule has 4 aromatic rings. The van der Waals surface area contributed by atoms with Gasteiger partial charge in [-0.15, -0.1) is 10.2 Å². The second-order valence-corrected chi connectivity index (χ2v) is 11.9. The molecule has 2 aliphatic rings. The fourth-order valence-electron chi connectivity index (χ4n) is 5.44.